The number of aromatic nitrogens is 2. The highest BCUT2D eigenvalue weighted by molar-refractivity contribution is 6.34. The van der Waals surface area contributed by atoms with E-state index < -0.39 is 5.97 Å². The molecule has 0 aliphatic heterocycles. The molecule has 1 heterocycles. The summed E-state index contributed by atoms with van der Waals surface area (Å²) in [4.78, 5) is 11.8. The number of hydrogen-bond donors (Lipinski definition) is 1. The lowest BCUT2D eigenvalue weighted by Gasteiger charge is -2.10. The fourth-order valence-electron chi connectivity index (χ4n) is 3.05. The van der Waals surface area contributed by atoms with E-state index in [9.17, 15) is 9.90 Å². The maximum atomic E-state index is 11.8. The summed E-state index contributed by atoms with van der Waals surface area (Å²) in [5.41, 5.74) is 2.97. The van der Waals surface area contributed by atoms with Crippen LogP contribution in [0.25, 0.3) is 5.69 Å². The molecular weight excluding hydrogens is 371 g/mol. The zero-order valence-electron chi connectivity index (χ0n) is 14.4. The third kappa shape index (κ3) is 3.62. The number of hydrogen-bond acceptors (Lipinski definition) is 2. The highest BCUT2D eigenvalue weighted by Crippen LogP contribution is 2.29. The molecule has 0 fully saturated rings. The second-order valence-corrected chi connectivity index (χ2v) is 7.08. The molecule has 134 valence electrons. The molecule has 4 nitrogen and oxygen atoms in total. The van der Waals surface area contributed by atoms with Crippen molar-refractivity contribution >= 4 is 29.2 Å². The Morgan fingerprint density at radius 3 is 2.54 bits per heavy atom. The van der Waals surface area contributed by atoms with Crippen molar-refractivity contribution in [1.82, 2.24) is 9.78 Å². The van der Waals surface area contributed by atoms with Crippen LogP contribution in [0.15, 0.2) is 48.5 Å². The number of aromatic carboxylic acids is 1. The van der Waals surface area contributed by atoms with Crippen molar-refractivity contribution in [1.29, 1.82) is 0 Å². The minimum atomic E-state index is -0.998. The van der Waals surface area contributed by atoms with E-state index in [0.29, 0.717) is 33.5 Å². The predicted octanol–water partition coefficient (Wildman–Crippen LogP) is 5.53. The molecular formula is C20H18Cl2N2O2. The first-order valence-electron chi connectivity index (χ1n) is 8.20. The van der Waals surface area contributed by atoms with E-state index in [2.05, 4.69) is 12.0 Å². The lowest BCUT2D eigenvalue weighted by atomic mass is 9.94. The van der Waals surface area contributed by atoms with Crippen molar-refractivity contribution in [2.45, 2.75) is 26.2 Å². The average molecular weight is 389 g/mol. The van der Waals surface area contributed by atoms with Crippen LogP contribution in [-0.2, 0) is 6.42 Å². The molecule has 0 saturated heterocycles. The molecule has 3 aromatic rings. The van der Waals surface area contributed by atoms with Crippen LogP contribution in [0, 0.1) is 6.92 Å². The van der Waals surface area contributed by atoms with Crippen molar-refractivity contribution in [3.05, 3.63) is 81.1 Å². The summed E-state index contributed by atoms with van der Waals surface area (Å²) in [7, 11) is 0. The molecule has 1 N–H and O–H groups in total. The fourth-order valence-corrected chi connectivity index (χ4v) is 3.42. The van der Waals surface area contributed by atoms with E-state index in [-0.39, 0.29) is 11.5 Å². The summed E-state index contributed by atoms with van der Waals surface area (Å²) in [6, 6.07) is 15.0. The summed E-state index contributed by atoms with van der Waals surface area (Å²) >= 11 is 12.4. The molecule has 0 spiro atoms. The van der Waals surface area contributed by atoms with Gasteiger partial charge in [-0.3, -0.25) is 0 Å². The zero-order valence-corrected chi connectivity index (χ0v) is 15.9. The summed E-state index contributed by atoms with van der Waals surface area (Å²) in [6.45, 7) is 3.78. The van der Waals surface area contributed by atoms with Crippen LogP contribution in [0.5, 0.6) is 0 Å². The average Bonchev–Trinajstić information content (AvgIpc) is 2.94. The van der Waals surface area contributed by atoms with Gasteiger partial charge >= 0.3 is 5.97 Å². The Labute approximate surface area is 162 Å². The van der Waals surface area contributed by atoms with E-state index in [0.717, 1.165) is 5.56 Å². The van der Waals surface area contributed by atoms with Gasteiger partial charge in [0.15, 0.2) is 0 Å². The highest BCUT2D eigenvalue weighted by Gasteiger charge is 2.24. The Hall–Kier alpha value is -2.30. The van der Waals surface area contributed by atoms with Gasteiger partial charge in [0, 0.05) is 5.02 Å². The number of halogens is 2. The van der Waals surface area contributed by atoms with Crippen LogP contribution in [0.1, 0.15) is 40.2 Å². The van der Waals surface area contributed by atoms with Crippen LogP contribution in [0.4, 0.5) is 0 Å². The molecule has 0 bridgehead atoms. The van der Waals surface area contributed by atoms with Gasteiger partial charge in [0.1, 0.15) is 5.56 Å². The molecule has 1 unspecified atom stereocenters. The number of carboxylic acids is 1. The summed E-state index contributed by atoms with van der Waals surface area (Å²) in [5.74, 6) is -0.867. The van der Waals surface area contributed by atoms with E-state index >= 15 is 0 Å². The van der Waals surface area contributed by atoms with Gasteiger partial charge in [0.2, 0.25) is 0 Å². The van der Waals surface area contributed by atoms with Gasteiger partial charge in [-0.05, 0) is 43.0 Å². The van der Waals surface area contributed by atoms with Crippen LogP contribution in [0.2, 0.25) is 10.0 Å². The molecule has 2 aromatic carbocycles. The van der Waals surface area contributed by atoms with Gasteiger partial charge in [-0.25, -0.2) is 9.48 Å². The van der Waals surface area contributed by atoms with Crippen molar-refractivity contribution in [3.63, 3.8) is 0 Å². The van der Waals surface area contributed by atoms with E-state index in [1.165, 1.54) is 0 Å². The van der Waals surface area contributed by atoms with Crippen LogP contribution < -0.4 is 0 Å². The quantitative estimate of drug-likeness (QED) is 0.624. The Morgan fingerprint density at radius 1 is 1.19 bits per heavy atom. The largest absolute Gasteiger partial charge is 0.478 e. The van der Waals surface area contributed by atoms with Crippen molar-refractivity contribution < 1.29 is 9.90 Å². The monoisotopic (exact) mass is 388 g/mol. The summed E-state index contributed by atoms with van der Waals surface area (Å²) < 4.78 is 1.56. The molecule has 0 amide bonds. The lowest BCUT2D eigenvalue weighted by Crippen LogP contribution is -2.06. The minimum absolute atomic E-state index is 0.131. The first-order chi connectivity index (χ1) is 12.4. The Morgan fingerprint density at radius 2 is 1.88 bits per heavy atom. The number of rotatable bonds is 5. The molecule has 6 heteroatoms. The number of benzene rings is 2. The van der Waals surface area contributed by atoms with Crippen LogP contribution in [0.3, 0.4) is 0 Å². The van der Waals surface area contributed by atoms with E-state index in [1.54, 1.807) is 29.8 Å². The molecule has 0 aliphatic rings. The Kier molecular flexibility index (Phi) is 5.35. The van der Waals surface area contributed by atoms with E-state index in [1.807, 2.05) is 30.3 Å². The van der Waals surface area contributed by atoms with Gasteiger partial charge in [0.05, 0.1) is 22.1 Å². The summed E-state index contributed by atoms with van der Waals surface area (Å²) in [5, 5.41) is 15.2. The number of nitrogens with zero attached hydrogens (tertiary/aromatic N) is 2. The topological polar surface area (TPSA) is 55.1 Å². The molecule has 26 heavy (non-hydrogen) atoms. The molecule has 0 radical (unpaired) electrons. The summed E-state index contributed by atoms with van der Waals surface area (Å²) in [6.07, 6.45) is 0.512. The third-order valence-electron chi connectivity index (χ3n) is 4.41. The molecule has 0 saturated carbocycles. The first kappa shape index (κ1) is 18.5. The predicted molar refractivity (Wildman–Crippen MR) is 104 cm³/mol. The maximum Gasteiger partial charge on any atom is 0.339 e. The smallest absolute Gasteiger partial charge is 0.339 e. The zero-order chi connectivity index (χ0) is 18.8. The van der Waals surface area contributed by atoms with Gasteiger partial charge in [0.25, 0.3) is 0 Å². The highest BCUT2D eigenvalue weighted by atomic mass is 35.5. The Bertz CT molecular complexity index is 952. The van der Waals surface area contributed by atoms with Crippen molar-refractivity contribution in [2.24, 2.45) is 0 Å². The standard InChI is InChI=1S/C20H18Cl2N2O2/c1-12(14-6-4-3-5-7-14)10-17-19(20(25)26)13(2)24(23-17)18-11-15(21)8-9-16(18)22/h3-9,11-12H,10H2,1-2H3,(H,25,26). The van der Waals surface area contributed by atoms with Gasteiger partial charge < -0.3 is 5.11 Å². The number of carboxylic acid groups (broad SMARTS) is 1. The van der Waals surface area contributed by atoms with E-state index in [4.69, 9.17) is 23.2 Å². The SMILES string of the molecule is Cc1c(C(=O)O)c(CC(C)c2ccccc2)nn1-c1cc(Cl)ccc1Cl. The van der Waals surface area contributed by atoms with Gasteiger partial charge in [-0.2, -0.15) is 5.10 Å². The van der Waals surface area contributed by atoms with Crippen molar-refractivity contribution in [3.8, 4) is 5.69 Å². The third-order valence-corrected chi connectivity index (χ3v) is 4.96. The lowest BCUT2D eigenvalue weighted by molar-refractivity contribution is 0.0695. The number of carbonyl (C=O) groups is 1. The molecule has 0 aliphatic carbocycles. The maximum absolute atomic E-state index is 11.8. The Balaban J connectivity index is 2.06. The first-order valence-corrected chi connectivity index (χ1v) is 8.96. The van der Waals surface area contributed by atoms with Gasteiger partial charge in [-0.15, -0.1) is 0 Å². The fraction of sp³-hybridized carbons (Fsp3) is 0.200. The second-order valence-electron chi connectivity index (χ2n) is 6.24. The molecule has 1 atom stereocenters. The second kappa shape index (κ2) is 7.52. The minimum Gasteiger partial charge on any atom is -0.478 e. The van der Waals surface area contributed by atoms with Crippen LogP contribution >= 0.6 is 23.2 Å². The van der Waals surface area contributed by atoms with Gasteiger partial charge in [-0.1, -0.05) is 60.5 Å². The normalized spacial score (nSPS) is 12.2. The molecule has 1 aromatic heterocycles. The van der Waals surface area contributed by atoms with Crippen molar-refractivity contribution in [2.75, 3.05) is 0 Å². The molecule has 3 rings (SSSR count). The van der Waals surface area contributed by atoms with Crippen LogP contribution in [-0.4, -0.2) is 20.9 Å².